The molecule has 1 atom stereocenters. The summed E-state index contributed by atoms with van der Waals surface area (Å²) in [7, 11) is 0. The number of benzene rings is 1. The first kappa shape index (κ1) is 12.1. The number of rotatable bonds is 3. The van der Waals surface area contributed by atoms with Crippen LogP contribution < -0.4 is 0 Å². The van der Waals surface area contributed by atoms with Gasteiger partial charge in [0.05, 0.1) is 11.0 Å². The lowest BCUT2D eigenvalue weighted by Crippen LogP contribution is -1.96. The van der Waals surface area contributed by atoms with Gasteiger partial charge in [-0.05, 0) is 30.7 Å². The zero-order valence-corrected chi connectivity index (χ0v) is 10.1. The predicted octanol–water partition coefficient (Wildman–Crippen LogP) is 3.43. The Kier molecular flexibility index (Phi) is 3.76. The SMILES string of the molecule is C[C@H](O)c1cccc(F)c1Sc1ccccn1. The normalized spacial score (nSPS) is 12.4. The molecule has 0 saturated carbocycles. The van der Waals surface area contributed by atoms with E-state index in [1.54, 1.807) is 31.3 Å². The van der Waals surface area contributed by atoms with Gasteiger partial charge in [0.2, 0.25) is 0 Å². The van der Waals surface area contributed by atoms with Gasteiger partial charge >= 0.3 is 0 Å². The van der Waals surface area contributed by atoms with Gasteiger partial charge in [-0.15, -0.1) is 0 Å². The van der Waals surface area contributed by atoms with Gasteiger partial charge in [-0.3, -0.25) is 0 Å². The minimum absolute atomic E-state index is 0.334. The molecule has 2 aromatic rings. The molecule has 0 amide bonds. The van der Waals surface area contributed by atoms with Crippen molar-refractivity contribution in [1.29, 1.82) is 0 Å². The standard InChI is InChI=1S/C13H12FNOS/c1-9(16)10-5-4-6-11(14)13(10)17-12-7-2-3-8-15-12/h2-9,16H,1H3/t9-/m0/s1. The van der Waals surface area contributed by atoms with Crippen LogP contribution in [0.4, 0.5) is 4.39 Å². The van der Waals surface area contributed by atoms with Crippen molar-refractivity contribution in [3.63, 3.8) is 0 Å². The van der Waals surface area contributed by atoms with Gasteiger partial charge < -0.3 is 5.11 Å². The lowest BCUT2D eigenvalue weighted by Gasteiger charge is -2.11. The second-order valence-corrected chi connectivity index (χ2v) is 4.63. The molecule has 1 N–H and O–H groups in total. The topological polar surface area (TPSA) is 33.1 Å². The van der Waals surface area contributed by atoms with Crippen LogP contribution in [0.2, 0.25) is 0 Å². The zero-order valence-electron chi connectivity index (χ0n) is 9.30. The summed E-state index contributed by atoms with van der Waals surface area (Å²) in [4.78, 5) is 4.56. The fourth-order valence-corrected chi connectivity index (χ4v) is 2.47. The Hall–Kier alpha value is -1.39. The van der Waals surface area contributed by atoms with E-state index in [2.05, 4.69) is 4.98 Å². The molecule has 0 spiro atoms. The average Bonchev–Trinajstić information content (AvgIpc) is 2.33. The monoisotopic (exact) mass is 249 g/mol. The summed E-state index contributed by atoms with van der Waals surface area (Å²) in [5.41, 5.74) is 0.584. The number of hydrogen-bond acceptors (Lipinski definition) is 3. The van der Waals surface area contributed by atoms with Crippen LogP contribution in [-0.2, 0) is 0 Å². The Balaban J connectivity index is 2.38. The number of aliphatic hydroxyl groups excluding tert-OH is 1. The van der Waals surface area contributed by atoms with Gasteiger partial charge in [-0.1, -0.05) is 30.0 Å². The van der Waals surface area contributed by atoms with E-state index in [9.17, 15) is 9.50 Å². The van der Waals surface area contributed by atoms with Crippen molar-refractivity contribution in [1.82, 2.24) is 4.98 Å². The lowest BCUT2D eigenvalue weighted by molar-refractivity contribution is 0.195. The molecular weight excluding hydrogens is 237 g/mol. The Labute approximate surface area is 104 Å². The Morgan fingerprint density at radius 3 is 2.71 bits per heavy atom. The Morgan fingerprint density at radius 2 is 2.06 bits per heavy atom. The van der Waals surface area contributed by atoms with Crippen molar-refractivity contribution in [3.8, 4) is 0 Å². The first-order valence-corrected chi connectivity index (χ1v) is 6.05. The third-order valence-electron chi connectivity index (χ3n) is 2.29. The molecule has 2 rings (SSSR count). The lowest BCUT2D eigenvalue weighted by atomic mass is 10.1. The molecule has 1 heterocycles. The molecule has 1 aromatic carbocycles. The quantitative estimate of drug-likeness (QED) is 0.904. The summed E-state index contributed by atoms with van der Waals surface area (Å²) in [6.07, 6.45) is 0.961. The second-order valence-electron chi connectivity index (χ2n) is 3.60. The van der Waals surface area contributed by atoms with Crippen LogP contribution in [-0.4, -0.2) is 10.1 Å². The summed E-state index contributed by atoms with van der Waals surface area (Å²) >= 11 is 1.22. The van der Waals surface area contributed by atoms with E-state index in [0.29, 0.717) is 15.5 Å². The van der Waals surface area contributed by atoms with Crippen molar-refractivity contribution in [2.45, 2.75) is 22.9 Å². The van der Waals surface area contributed by atoms with Gasteiger partial charge in [0.1, 0.15) is 10.8 Å². The maximum absolute atomic E-state index is 13.7. The highest BCUT2D eigenvalue weighted by Gasteiger charge is 2.13. The number of halogens is 1. The highest BCUT2D eigenvalue weighted by Crippen LogP contribution is 2.34. The van der Waals surface area contributed by atoms with Gasteiger partial charge in [-0.2, -0.15) is 0 Å². The molecule has 0 saturated heterocycles. The maximum Gasteiger partial charge on any atom is 0.137 e. The van der Waals surface area contributed by atoms with Gasteiger partial charge in [0.25, 0.3) is 0 Å². The molecular formula is C13H12FNOS. The molecule has 0 unspecified atom stereocenters. The molecule has 0 aliphatic heterocycles. The minimum atomic E-state index is -0.697. The summed E-state index contributed by atoms with van der Waals surface area (Å²) in [6.45, 7) is 1.62. The summed E-state index contributed by atoms with van der Waals surface area (Å²) in [5, 5.41) is 10.3. The maximum atomic E-state index is 13.7. The van der Waals surface area contributed by atoms with E-state index in [-0.39, 0.29) is 5.82 Å². The van der Waals surface area contributed by atoms with Gasteiger partial charge in [0, 0.05) is 6.20 Å². The first-order chi connectivity index (χ1) is 8.18. The van der Waals surface area contributed by atoms with Crippen molar-refractivity contribution in [2.75, 3.05) is 0 Å². The largest absolute Gasteiger partial charge is 0.389 e. The highest BCUT2D eigenvalue weighted by atomic mass is 32.2. The van der Waals surface area contributed by atoms with Crippen LogP contribution in [0.25, 0.3) is 0 Å². The third-order valence-corrected chi connectivity index (χ3v) is 3.38. The Morgan fingerprint density at radius 1 is 1.24 bits per heavy atom. The molecule has 0 aliphatic rings. The van der Waals surface area contributed by atoms with E-state index in [1.807, 2.05) is 12.1 Å². The summed E-state index contributed by atoms with van der Waals surface area (Å²) in [6, 6.07) is 10.2. The van der Waals surface area contributed by atoms with Gasteiger partial charge in [-0.25, -0.2) is 9.37 Å². The number of nitrogens with zero attached hydrogens (tertiary/aromatic N) is 1. The molecule has 88 valence electrons. The number of hydrogen-bond donors (Lipinski definition) is 1. The number of aliphatic hydroxyl groups is 1. The van der Waals surface area contributed by atoms with Crippen LogP contribution in [0.15, 0.2) is 52.5 Å². The van der Waals surface area contributed by atoms with Crippen LogP contribution in [0.5, 0.6) is 0 Å². The number of aromatic nitrogens is 1. The van der Waals surface area contributed by atoms with Crippen molar-refractivity contribution in [2.24, 2.45) is 0 Å². The average molecular weight is 249 g/mol. The molecule has 17 heavy (non-hydrogen) atoms. The minimum Gasteiger partial charge on any atom is -0.389 e. The smallest absolute Gasteiger partial charge is 0.137 e. The van der Waals surface area contributed by atoms with E-state index < -0.39 is 6.10 Å². The van der Waals surface area contributed by atoms with E-state index in [4.69, 9.17) is 0 Å². The van der Waals surface area contributed by atoms with Crippen molar-refractivity contribution in [3.05, 3.63) is 54.0 Å². The zero-order chi connectivity index (χ0) is 12.3. The third kappa shape index (κ3) is 2.84. The molecule has 0 radical (unpaired) electrons. The second kappa shape index (κ2) is 5.29. The van der Waals surface area contributed by atoms with E-state index >= 15 is 0 Å². The molecule has 2 nitrogen and oxygen atoms in total. The molecule has 0 fully saturated rings. The fraction of sp³-hybridized carbons (Fsp3) is 0.154. The van der Waals surface area contributed by atoms with Crippen molar-refractivity contribution >= 4 is 11.8 Å². The molecule has 0 aliphatic carbocycles. The fourth-order valence-electron chi connectivity index (χ4n) is 1.47. The van der Waals surface area contributed by atoms with Crippen molar-refractivity contribution < 1.29 is 9.50 Å². The number of pyridine rings is 1. The molecule has 4 heteroatoms. The van der Waals surface area contributed by atoms with Gasteiger partial charge in [0.15, 0.2) is 0 Å². The van der Waals surface area contributed by atoms with E-state index in [0.717, 1.165) is 0 Å². The molecule has 0 bridgehead atoms. The van der Waals surface area contributed by atoms with Crippen LogP contribution in [0.3, 0.4) is 0 Å². The van der Waals surface area contributed by atoms with Crippen LogP contribution >= 0.6 is 11.8 Å². The Bertz CT molecular complexity index is 502. The first-order valence-electron chi connectivity index (χ1n) is 5.24. The molecule has 1 aromatic heterocycles. The summed E-state index contributed by atoms with van der Waals surface area (Å²) in [5.74, 6) is -0.334. The van der Waals surface area contributed by atoms with Crippen LogP contribution in [0, 0.1) is 5.82 Å². The van der Waals surface area contributed by atoms with Crippen LogP contribution in [0.1, 0.15) is 18.6 Å². The summed E-state index contributed by atoms with van der Waals surface area (Å²) < 4.78 is 13.7. The predicted molar refractivity (Wildman–Crippen MR) is 65.4 cm³/mol. The highest BCUT2D eigenvalue weighted by molar-refractivity contribution is 7.99. The van der Waals surface area contributed by atoms with E-state index in [1.165, 1.54) is 17.8 Å².